The predicted molar refractivity (Wildman–Crippen MR) is 77.5 cm³/mol. The smallest absolute Gasteiger partial charge is 0.259 e. The molecular weight excluding hydrogens is 256 g/mol. The van der Waals surface area contributed by atoms with E-state index < -0.39 is 0 Å². The van der Waals surface area contributed by atoms with E-state index in [1.807, 2.05) is 0 Å². The van der Waals surface area contributed by atoms with E-state index in [1.165, 1.54) is 0 Å². The molecule has 0 spiro atoms. The Morgan fingerprint density at radius 2 is 1.90 bits per heavy atom. The number of carbonyl (C=O) groups excluding carboxylic acids is 1. The van der Waals surface area contributed by atoms with Crippen LogP contribution in [0.3, 0.4) is 0 Å². The van der Waals surface area contributed by atoms with Crippen LogP contribution < -0.4 is 20.1 Å². The fourth-order valence-corrected chi connectivity index (χ4v) is 2.60. The fourth-order valence-electron chi connectivity index (χ4n) is 2.60. The Bertz CT molecular complexity index is 454. The quantitative estimate of drug-likeness (QED) is 0.875. The van der Waals surface area contributed by atoms with Crippen molar-refractivity contribution in [2.24, 2.45) is 5.92 Å². The van der Waals surface area contributed by atoms with Gasteiger partial charge in [-0.1, -0.05) is 13.0 Å². The third-order valence-corrected chi connectivity index (χ3v) is 3.56. The molecule has 1 heterocycles. The molecule has 1 aromatic rings. The number of benzene rings is 1. The predicted octanol–water partition coefficient (Wildman–Crippen LogP) is 1.43. The van der Waals surface area contributed by atoms with Gasteiger partial charge >= 0.3 is 0 Å². The van der Waals surface area contributed by atoms with Crippen LogP contribution in [0.4, 0.5) is 0 Å². The molecule has 1 saturated heterocycles. The van der Waals surface area contributed by atoms with Crippen LogP contribution in [-0.4, -0.2) is 39.3 Å². The zero-order chi connectivity index (χ0) is 14.5. The van der Waals surface area contributed by atoms with Gasteiger partial charge in [0, 0.05) is 12.6 Å². The van der Waals surface area contributed by atoms with Gasteiger partial charge in [0.15, 0.2) is 0 Å². The minimum atomic E-state index is -0.153. The fraction of sp³-hybridized carbons (Fsp3) is 0.533. The van der Waals surface area contributed by atoms with Crippen molar-refractivity contribution < 1.29 is 14.3 Å². The lowest BCUT2D eigenvalue weighted by Gasteiger charge is -2.28. The highest BCUT2D eigenvalue weighted by molar-refractivity contribution is 5.99. The number of ether oxygens (including phenoxy) is 2. The van der Waals surface area contributed by atoms with Crippen LogP contribution in [0.2, 0.25) is 0 Å². The Morgan fingerprint density at radius 1 is 1.25 bits per heavy atom. The van der Waals surface area contributed by atoms with E-state index in [-0.39, 0.29) is 11.9 Å². The van der Waals surface area contributed by atoms with Gasteiger partial charge in [0.25, 0.3) is 5.91 Å². The van der Waals surface area contributed by atoms with Crippen LogP contribution in [0.15, 0.2) is 18.2 Å². The van der Waals surface area contributed by atoms with Crippen LogP contribution in [-0.2, 0) is 0 Å². The molecule has 0 bridgehead atoms. The van der Waals surface area contributed by atoms with Crippen LogP contribution >= 0.6 is 0 Å². The highest BCUT2D eigenvalue weighted by Gasteiger charge is 2.24. The second-order valence-electron chi connectivity index (χ2n) is 5.21. The third-order valence-electron chi connectivity index (χ3n) is 3.56. The number of piperidine rings is 1. The topological polar surface area (TPSA) is 59.6 Å². The van der Waals surface area contributed by atoms with Crippen molar-refractivity contribution in [2.45, 2.75) is 19.4 Å². The van der Waals surface area contributed by atoms with Crippen molar-refractivity contribution in [1.29, 1.82) is 0 Å². The minimum absolute atomic E-state index is 0.140. The summed E-state index contributed by atoms with van der Waals surface area (Å²) in [5.74, 6) is 1.46. The molecular formula is C15H22N2O3. The summed E-state index contributed by atoms with van der Waals surface area (Å²) in [4.78, 5) is 12.5. The number of methoxy groups -OCH3 is 2. The summed E-state index contributed by atoms with van der Waals surface area (Å²) in [6.45, 7) is 3.98. The number of nitrogens with one attached hydrogen (secondary N) is 2. The summed E-state index contributed by atoms with van der Waals surface area (Å²) < 4.78 is 10.5. The van der Waals surface area contributed by atoms with E-state index in [0.717, 1.165) is 19.5 Å². The Hall–Kier alpha value is -1.75. The summed E-state index contributed by atoms with van der Waals surface area (Å²) in [5.41, 5.74) is 0.454. The third kappa shape index (κ3) is 3.22. The molecule has 1 amide bonds. The average Bonchev–Trinajstić information content (AvgIpc) is 2.46. The van der Waals surface area contributed by atoms with E-state index in [0.29, 0.717) is 23.0 Å². The minimum Gasteiger partial charge on any atom is -0.496 e. The zero-order valence-electron chi connectivity index (χ0n) is 12.2. The van der Waals surface area contributed by atoms with Gasteiger partial charge in [-0.3, -0.25) is 4.79 Å². The Balaban J connectivity index is 2.16. The SMILES string of the molecule is COc1cccc(OC)c1C(=O)NC1CNCC(C)C1. The van der Waals surface area contributed by atoms with Crippen LogP contribution in [0, 0.1) is 5.92 Å². The lowest BCUT2D eigenvalue weighted by molar-refractivity contribution is 0.0919. The standard InChI is InChI=1S/C15H22N2O3/c1-10-7-11(9-16-8-10)17-15(18)14-12(19-2)5-4-6-13(14)20-3/h4-6,10-11,16H,7-9H2,1-3H3,(H,17,18). The average molecular weight is 278 g/mol. The Morgan fingerprint density at radius 3 is 2.45 bits per heavy atom. The van der Waals surface area contributed by atoms with Gasteiger partial charge in [0.2, 0.25) is 0 Å². The number of carbonyl (C=O) groups is 1. The molecule has 0 aliphatic carbocycles. The summed E-state index contributed by atoms with van der Waals surface area (Å²) in [6.07, 6.45) is 0.982. The van der Waals surface area contributed by atoms with Crippen LogP contribution in [0.5, 0.6) is 11.5 Å². The molecule has 0 radical (unpaired) electrons. The molecule has 2 N–H and O–H groups in total. The number of hydrogen-bond donors (Lipinski definition) is 2. The zero-order valence-corrected chi connectivity index (χ0v) is 12.2. The monoisotopic (exact) mass is 278 g/mol. The molecule has 1 aliphatic heterocycles. The van der Waals surface area contributed by atoms with E-state index in [4.69, 9.17) is 9.47 Å². The highest BCUT2D eigenvalue weighted by atomic mass is 16.5. The summed E-state index contributed by atoms with van der Waals surface area (Å²) in [7, 11) is 3.10. The molecule has 1 aliphatic rings. The Labute approximate surface area is 119 Å². The van der Waals surface area contributed by atoms with Crippen molar-refractivity contribution >= 4 is 5.91 Å². The first-order chi connectivity index (χ1) is 9.65. The molecule has 20 heavy (non-hydrogen) atoms. The summed E-state index contributed by atoms with van der Waals surface area (Å²) in [5, 5.41) is 6.37. The molecule has 5 nitrogen and oxygen atoms in total. The van der Waals surface area contributed by atoms with Gasteiger partial charge in [-0.2, -0.15) is 0 Å². The highest BCUT2D eigenvalue weighted by Crippen LogP contribution is 2.28. The summed E-state index contributed by atoms with van der Waals surface area (Å²) in [6, 6.07) is 5.47. The lowest BCUT2D eigenvalue weighted by atomic mass is 9.97. The Kier molecular flexibility index (Phi) is 4.84. The van der Waals surface area contributed by atoms with Gasteiger partial charge < -0.3 is 20.1 Å². The molecule has 1 fully saturated rings. The molecule has 5 heteroatoms. The van der Waals surface area contributed by atoms with E-state index in [1.54, 1.807) is 32.4 Å². The number of hydrogen-bond acceptors (Lipinski definition) is 4. The second-order valence-corrected chi connectivity index (χ2v) is 5.21. The first kappa shape index (κ1) is 14.7. The first-order valence-electron chi connectivity index (χ1n) is 6.88. The van der Waals surface area contributed by atoms with E-state index >= 15 is 0 Å². The maximum Gasteiger partial charge on any atom is 0.259 e. The summed E-state index contributed by atoms with van der Waals surface area (Å²) >= 11 is 0. The molecule has 0 aromatic heterocycles. The van der Waals surface area contributed by atoms with Crippen molar-refractivity contribution in [2.75, 3.05) is 27.3 Å². The first-order valence-corrected chi connectivity index (χ1v) is 6.88. The lowest BCUT2D eigenvalue weighted by Crippen LogP contribution is -2.48. The molecule has 2 atom stereocenters. The van der Waals surface area contributed by atoms with E-state index in [9.17, 15) is 4.79 Å². The molecule has 0 saturated carbocycles. The molecule has 1 aromatic carbocycles. The van der Waals surface area contributed by atoms with Gasteiger partial charge in [-0.05, 0) is 31.0 Å². The van der Waals surface area contributed by atoms with Gasteiger partial charge in [0.05, 0.1) is 14.2 Å². The van der Waals surface area contributed by atoms with Gasteiger partial charge in [-0.15, -0.1) is 0 Å². The van der Waals surface area contributed by atoms with Crippen LogP contribution in [0.25, 0.3) is 0 Å². The molecule has 110 valence electrons. The van der Waals surface area contributed by atoms with Crippen molar-refractivity contribution in [3.05, 3.63) is 23.8 Å². The maximum atomic E-state index is 12.5. The van der Waals surface area contributed by atoms with Crippen molar-refractivity contribution in [1.82, 2.24) is 10.6 Å². The van der Waals surface area contributed by atoms with Gasteiger partial charge in [-0.25, -0.2) is 0 Å². The van der Waals surface area contributed by atoms with E-state index in [2.05, 4.69) is 17.6 Å². The van der Waals surface area contributed by atoms with Crippen molar-refractivity contribution in [3.8, 4) is 11.5 Å². The maximum absolute atomic E-state index is 12.5. The van der Waals surface area contributed by atoms with Gasteiger partial charge in [0.1, 0.15) is 17.1 Å². The number of rotatable bonds is 4. The second kappa shape index (κ2) is 6.61. The largest absolute Gasteiger partial charge is 0.496 e. The van der Waals surface area contributed by atoms with Crippen molar-refractivity contribution in [3.63, 3.8) is 0 Å². The normalized spacial score (nSPS) is 22.1. The van der Waals surface area contributed by atoms with Crippen LogP contribution in [0.1, 0.15) is 23.7 Å². The molecule has 2 rings (SSSR count). The number of amides is 1. The molecule has 2 unspecified atom stereocenters.